The van der Waals surface area contributed by atoms with Crippen LogP contribution in [0.5, 0.6) is 0 Å². The molecule has 16 unspecified atom stereocenters. The summed E-state index contributed by atoms with van der Waals surface area (Å²) in [6, 6.07) is 44.6. The number of benzene rings is 4. The van der Waals surface area contributed by atoms with Gasteiger partial charge in [0.15, 0.2) is 0 Å². The molecule has 0 spiro atoms. The molecule has 9 fully saturated rings. The van der Waals surface area contributed by atoms with Crippen LogP contribution in [0.3, 0.4) is 0 Å². The summed E-state index contributed by atoms with van der Waals surface area (Å²) in [5.74, 6) is 5.84. The van der Waals surface area contributed by atoms with Crippen LogP contribution in [0, 0.1) is 78.0 Å². The van der Waals surface area contributed by atoms with Crippen LogP contribution in [-0.4, -0.2) is 49.3 Å². The molecule has 442 valence electrons. The van der Waals surface area contributed by atoms with Crippen molar-refractivity contribution in [3.63, 3.8) is 0 Å². The van der Waals surface area contributed by atoms with Gasteiger partial charge in [0.25, 0.3) is 0 Å². The maximum atomic E-state index is 4.26. The minimum Gasteiger partial charge on any atom is -0.328 e. The van der Waals surface area contributed by atoms with Gasteiger partial charge in [-0.2, -0.15) is 156 Å². The van der Waals surface area contributed by atoms with Gasteiger partial charge in [-0.25, -0.2) is 0 Å². The van der Waals surface area contributed by atoms with Crippen molar-refractivity contribution in [3.05, 3.63) is 150 Å². The van der Waals surface area contributed by atoms with Gasteiger partial charge in [-0.3, -0.25) is 42.5 Å². The zero-order valence-corrected chi connectivity index (χ0v) is 55.3. The molecule has 0 amide bonds. The molecular weight excluding hydrogens is 1040 g/mol. The molecule has 8 N–H and O–H groups in total. The second-order valence-corrected chi connectivity index (χ2v) is 29.6. The average Bonchev–Trinajstić information content (AvgIpc) is 4.25. The topological polar surface area (TPSA) is 96.2 Å². The van der Waals surface area contributed by atoms with E-state index in [1.54, 1.807) is 0 Å². The van der Waals surface area contributed by atoms with Gasteiger partial charge < -0.3 is 6.42 Å². The summed E-state index contributed by atoms with van der Waals surface area (Å²) >= 11 is 0. The maximum Gasteiger partial charge on any atom is 0.0628 e. The molecule has 8 nitrogen and oxygen atoms in total. The summed E-state index contributed by atoms with van der Waals surface area (Å²) in [6.07, 6.45) is 26.3. The minimum atomic E-state index is 0. The SMILES string of the molecule is CC(C)(C)c1cc[c-]cc1.CC(C)(C)c1cc[c-]cc1.CC(C)(C)c1cc[c-]cc1.CC(C)(C)c1cc[c-]cc1.[CH-]1CCC2C3NC(NC4NC(NC5NC(NC6NC(N3)C3CCCCC63)C3CCCCC53)C3CCCCC43)C2C1.[Zn]. The van der Waals surface area contributed by atoms with Crippen LogP contribution in [0.4, 0.5) is 0 Å². The fourth-order valence-electron chi connectivity index (χ4n) is 15.3. The molecule has 81 heavy (non-hydrogen) atoms. The van der Waals surface area contributed by atoms with Gasteiger partial charge in [-0.1, -0.05) is 128 Å². The van der Waals surface area contributed by atoms with E-state index >= 15 is 0 Å². The average molecular weight is 1150 g/mol. The Morgan fingerprint density at radius 2 is 0.481 bits per heavy atom. The van der Waals surface area contributed by atoms with Crippen molar-refractivity contribution in [1.29, 1.82) is 0 Å². The molecule has 16 atom stereocenters. The normalized spacial score (nSPS) is 34.1. The summed E-state index contributed by atoms with van der Waals surface area (Å²) in [5, 5.41) is 33.7. The molecule has 0 radical (unpaired) electrons. The van der Waals surface area contributed by atoms with Gasteiger partial charge in [0.2, 0.25) is 0 Å². The van der Waals surface area contributed by atoms with Crippen molar-refractivity contribution in [2.45, 2.75) is 250 Å². The number of rotatable bonds is 0. The van der Waals surface area contributed by atoms with Crippen LogP contribution in [0.2, 0.25) is 0 Å². The standard InChI is InChI=1S/C32H55N8.4C10H13.Zn/c1-2-10-18-17(9-1)25-33-26(18)38-28-21-13-5-6-14-22(21)30(35-28)40-32-24-16-8-7-15-23(24)31(36-32)39-29-20-12-4-3-11-19(20)27(34-29)37-25;4*1-10(2,3)9-7-5-4-6-8-9;/h1,17-40H,2-16H2;4*5-8H,1-3H3;/q5*-1;. The van der Waals surface area contributed by atoms with E-state index in [9.17, 15) is 0 Å². The second-order valence-electron chi connectivity index (χ2n) is 29.6. The molecular formula is C72H107N8Zn-5. The molecule has 4 saturated carbocycles. The fourth-order valence-corrected chi connectivity index (χ4v) is 15.3. The van der Waals surface area contributed by atoms with Crippen molar-refractivity contribution in [2.75, 3.05) is 0 Å². The first-order valence-electron chi connectivity index (χ1n) is 32.0. The third kappa shape index (κ3) is 16.8. The summed E-state index contributed by atoms with van der Waals surface area (Å²) in [6.45, 7) is 26.5. The number of nitrogens with one attached hydrogen (secondary N) is 8. The van der Waals surface area contributed by atoms with Crippen LogP contribution in [0.15, 0.2) is 97.1 Å². The van der Waals surface area contributed by atoms with Crippen molar-refractivity contribution in [3.8, 4) is 0 Å². The van der Waals surface area contributed by atoms with E-state index in [2.05, 4.69) is 205 Å². The first-order valence-corrected chi connectivity index (χ1v) is 32.0. The van der Waals surface area contributed by atoms with Crippen LogP contribution < -0.4 is 42.5 Å². The molecule has 9 heteroatoms. The fraction of sp³-hybridized carbons (Fsp3) is 0.653. The number of fused-ring (bicyclic) bond motifs is 20. The Kier molecular flexibility index (Phi) is 22.7. The molecule has 0 aromatic heterocycles. The Bertz CT molecular complexity index is 2020. The molecule has 8 bridgehead atoms. The quantitative estimate of drug-likeness (QED) is 0.0652. The Hall–Kier alpha value is -2.82. The predicted octanol–water partition coefficient (Wildman–Crippen LogP) is 13.6. The molecule has 5 saturated heterocycles. The number of hydrogen-bond donors (Lipinski definition) is 8. The summed E-state index contributed by atoms with van der Waals surface area (Å²) in [5.41, 5.74) is 6.56. The first-order chi connectivity index (χ1) is 38.2. The first kappa shape index (κ1) is 64.2. The van der Waals surface area contributed by atoms with Crippen molar-refractivity contribution in [1.82, 2.24) is 42.5 Å². The van der Waals surface area contributed by atoms with E-state index in [1.165, 1.54) is 119 Å². The smallest absolute Gasteiger partial charge is 0.0628 e. The largest absolute Gasteiger partial charge is 0.328 e. The molecule has 5 heterocycles. The molecule has 4 aliphatic carbocycles. The Labute approximate surface area is 506 Å². The zero-order valence-electron chi connectivity index (χ0n) is 52.4. The molecule has 5 aliphatic heterocycles. The van der Waals surface area contributed by atoms with Gasteiger partial charge in [0, 0.05) is 19.5 Å². The van der Waals surface area contributed by atoms with Crippen LogP contribution in [0.1, 0.15) is 202 Å². The Morgan fingerprint density at radius 1 is 0.296 bits per heavy atom. The van der Waals surface area contributed by atoms with Gasteiger partial charge in [0.05, 0.1) is 49.3 Å². The van der Waals surface area contributed by atoms with Crippen molar-refractivity contribution >= 4 is 0 Å². The van der Waals surface area contributed by atoms with Crippen molar-refractivity contribution in [2.24, 2.45) is 47.3 Å². The zero-order chi connectivity index (χ0) is 56.7. The second kappa shape index (κ2) is 28.6. The van der Waals surface area contributed by atoms with E-state index in [-0.39, 0.29) is 41.1 Å². The third-order valence-electron chi connectivity index (χ3n) is 20.0. The summed E-state index contributed by atoms with van der Waals surface area (Å²) < 4.78 is 0. The van der Waals surface area contributed by atoms with Gasteiger partial charge >= 0.3 is 0 Å². The molecule has 4 aromatic carbocycles. The Balaban J connectivity index is 0.000000170. The predicted molar refractivity (Wildman–Crippen MR) is 333 cm³/mol. The summed E-state index contributed by atoms with van der Waals surface area (Å²) in [4.78, 5) is 0. The third-order valence-corrected chi connectivity index (χ3v) is 20.0. The Morgan fingerprint density at radius 3 is 0.667 bits per heavy atom. The van der Waals surface area contributed by atoms with Crippen LogP contribution >= 0.6 is 0 Å². The molecule has 9 aliphatic rings. The molecule has 13 rings (SSSR count). The van der Waals surface area contributed by atoms with E-state index in [0.29, 0.717) is 61.2 Å². The monoisotopic (exact) mass is 1150 g/mol. The van der Waals surface area contributed by atoms with Gasteiger partial charge in [0.1, 0.15) is 0 Å². The summed E-state index contributed by atoms with van der Waals surface area (Å²) in [7, 11) is 0. The van der Waals surface area contributed by atoms with Gasteiger partial charge in [-0.15, -0.1) is 0 Å². The molecule has 4 aromatic rings. The van der Waals surface area contributed by atoms with E-state index in [4.69, 9.17) is 0 Å². The minimum absolute atomic E-state index is 0. The van der Waals surface area contributed by atoms with E-state index in [1.807, 2.05) is 48.5 Å². The van der Waals surface area contributed by atoms with Crippen LogP contribution in [0.25, 0.3) is 0 Å². The van der Waals surface area contributed by atoms with Gasteiger partial charge in [-0.05, 0) is 108 Å². The number of hydrogen-bond acceptors (Lipinski definition) is 8. The van der Waals surface area contributed by atoms with E-state index < -0.39 is 0 Å². The van der Waals surface area contributed by atoms with E-state index in [0.717, 1.165) is 35.5 Å². The van der Waals surface area contributed by atoms with Crippen LogP contribution in [-0.2, 0) is 41.1 Å². The maximum absolute atomic E-state index is 4.26. The van der Waals surface area contributed by atoms with Crippen molar-refractivity contribution < 1.29 is 19.5 Å².